The molecule has 72 valence electrons. The Balaban J connectivity index is 0. The minimum absolute atomic E-state index is 0. The monoisotopic (exact) mass is 287 g/mol. The van der Waals surface area contributed by atoms with Gasteiger partial charge in [-0.2, -0.15) is 0 Å². The van der Waals surface area contributed by atoms with E-state index in [4.69, 9.17) is 28.3 Å². The number of halogens is 2. The number of benzene rings is 1. The molecule has 0 saturated heterocycles. The number of phenolic OH excluding ortho intramolecular Hbond substituents is 1. The van der Waals surface area contributed by atoms with Crippen LogP contribution in [0.3, 0.4) is 0 Å². The van der Waals surface area contributed by atoms with Crippen LogP contribution in [-0.2, 0) is 10.1 Å². The second kappa shape index (κ2) is 7.06. The zero-order valence-corrected chi connectivity index (χ0v) is 14.3. The van der Waals surface area contributed by atoms with Crippen LogP contribution in [-0.4, -0.2) is 18.1 Å². The standard InChI is InChI=1S/C6H4Cl2O4S.2Na/c7-3-1-4(8)6(9)5(2-3)13(10,11)12;;/h1-2,9H,(H,10,11,12);;/q;2*+1/p-1. The fourth-order valence-electron chi connectivity index (χ4n) is 0.733. The van der Waals surface area contributed by atoms with E-state index in [1.165, 1.54) is 0 Å². The quantitative estimate of drug-likeness (QED) is 0.418. The molecule has 1 aromatic rings. The van der Waals surface area contributed by atoms with Crippen molar-refractivity contribution in [1.82, 2.24) is 0 Å². The Kier molecular flexibility index (Phi) is 8.88. The van der Waals surface area contributed by atoms with Crippen LogP contribution >= 0.6 is 23.2 Å². The van der Waals surface area contributed by atoms with Crippen molar-refractivity contribution in [2.24, 2.45) is 0 Å². The Morgan fingerprint density at radius 3 is 2.07 bits per heavy atom. The predicted octanol–water partition coefficient (Wildman–Crippen LogP) is -4.39. The molecule has 0 radical (unpaired) electrons. The zero-order valence-electron chi connectivity index (χ0n) is 7.99. The van der Waals surface area contributed by atoms with Gasteiger partial charge in [0.05, 0.1) is 9.92 Å². The molecule has 0 fully saturated rings. The number of hydrogen-bond acceptors (Lipinski definition) is 4. The van der Waals surface area contributed by atoms with Crippen LogP contribution in [0.25, 0.3) is 0 Å². The smallest absolute Gasteiger partial charge is 0.744 e. The number of rotatable bonds is 1. The van der Waals surface area contributed by atoms with Gasteiger partial charge in [-0.05, 0) is 12.1 Å². The van der Waals surface area contributed by atoms with E-state index >= 15 is 0 Å². The number of aromatic hydroxyl groups is 1. The molecule has 9 heteroatoms. The Labute approximate surface area is 141 Å². The summed E-state index contributed by atoms with van der Waals surface area (Å²) in [6, 6.07) is 1.97. The number of hydrogen-bond donors (Lipinski definition) is 1. The Hall–Kier alpha value is 1.51. The van der Waals surface area contributed by atoms with Gasteiger partial charge < -0.3 is 9.66 Å². The van der Waals surface area contributed by atoms with Crippen LogP contribution in [0.5, 0.6) is 5.75 Å². The van der Waals surface area contributed by atoms with Crippen molar-refractivity contribution in [1.29, 1.82) is 0 Å². The van der Waals surface area contributed by atoms with Crippen LogP contribution in [0, 0.1) is 0 Å². The average molecular weight is 288 g/mol. The van der Waals surface area contributed by atoms with E-state index in [-0.39, 0.29) is 69.2 Å². The molecule has 1 rings (SSSR count). The van der Waals surface area contributed by atoms with Crippen molar-refractivity contribution in [3.05, 3.63) is 22.2 Å². The summed E-state index contributed by atoms with van der Waals surface area (Å²) in [6.07, 6.45) is 0. The molecule has 15 heavy (non-hydrogen) atoms. The van der Waals surface area contributed by atoms with Gasteiger partial charge in [0, 0.05) is 5.02 Å². The van der Waals surface area contributed by atoms with Crippen LogP contribution < -0.4 is 59.1 Å². The SMILES string of the molecule is O=S(=O)([O-])c1cc(Cl)cc(Cl)c1O.[Na+].[Na+]. The minimum atomic E-state index is -4.75. The second-order valence-corrected chi connectivity index (χ2v) is 4.38. The van der Waals surface area contributed by atoms with Crippen molar-refractivity contribution in [3.63, 3.8) is 0 Å². The Morgan fingerprint density at radius 1 is 1.20 bits per heavy atom. The van der Waals surface area contributed by atoms with Crippen LogP contribution in [0.15, 0.2) is 17.0 Å². The topological polar surface area (TPSA) is 77.4 Å². The number of phenols is 1. The van der Waals surface area contributed by atoms with E-state index in [0.717, 1.165) is 12.1 Å². The zero-order chi connectivity index (χ0) is 10.2. The molecule has 0 bridgehead atoms. The first-order valence-corrected chi connectivity index (χ1v) is 5.12. The van der Waals surface area contributed by atoms with E-state index in [2.05, 4.69) is 0 Å². The van der Waals surface area contributed by atoms with Crippen molar-refractivity contribution >= 4 is 33.3 Å². The van der Waals surface area contributed by atoms with Gasteiger partial charge in [-0.3, -0.25) is 0 Å². The summed E-state index contributed by atoms with van der Waals surface area (Å²) in [6.45, 7) is 0. The van der Waals surface area contributed by atoms with Gasteiger partial charge in [0.15, 0.2) is 5.75 Å². The fourth-order valence-corrected chi connectivity index (χ4v) is 1.97. The van der Waals surface area contributed by atoms with Crippen LogP contribution in [0.2, 0.25) is 10.0 Å². The molecule has 0 unspecified atom stereocenters. The van der Waals surface area contributed by atoms with Gasteiger partial charge in [0.25, 0.3) is 0 Å². The maximum absolute atomic E-state index is 10.5. The van der Waals surface area contributed by atoms with Gasteiger partial charge in [0.2, 0.25) is 0 Å². The predicted molar refractivity (Wildman–Crippen MR) is 46.1 cm³/mol. The van der Waals surface area contributed by atoms with Crippen molar-refractivity contribution in [3.8, 4) is 5.75 Å². The third kappa shape index (κ3) is 5.12. The maximum Gasteiger partial charge on any atom is 1.00 e. The molecule has 4 nitrogen and oxygen atoms in total. The third-order valence-corrected chi connectivity index (χ3v) is 2.62. The summed E-state index contributed by atoms with van der Waals surface area (Å²) >= 11 is 10.8. The van der Waals surface area contributed by atoms with Gasteiger partial charge in [-0.1, -0.05) is 23.2 Å². The van der Waals surface area contributed by atoms with E-state index in [1.54, 1.807) is 0 Å². The first-order chi connectivity index (χ1) is 5.82. The summed E-state index contributed by atoms with van der Waals surface area (Å²) in [4.78, 5) is -0.815. The molecule has 0 aliphatic rings. The van der Waals surface area contributed by atoms with Crippen LogP contribution in [0.4, 0.5) is 0 Å². The molecule has 0 spiro atoms. The molecule has 0 heterocycles. The molecule has 0 aromatic heterocycles. The Bertz CT molecular complexity index is 449. The molecule has 0 saturated carbocycles. The molecule has 0 atom stereocenters. The minimum Gasteiger partial charge on any atom is -0.744 e. The van der Waals surface area contributed by atoms with E-state index < -0.39 is 20.8 Å². The normalized spacial score (nSPS) is 10.1. The molecular formula is C6H3Cl2Na2O4S+. The average Bonchev–Trinajstić information content (AvgIpc) is 1.94. The largest absolute Gasteiger partial charge is 1.00 e. The molecule has 0 aliphatic carbocycles. The Morgan fingerprint density at radius 2 is 1.67 bits per heavy atom. The van der Waals surface area contributed by atoms with Gasteiger partial charge in [-0.25, -0.2) is 8.42 Å². The third-order valence-electron chi connectivity index (χ3n) is 1.26. The van der Waals surface area contributed by atoms with Gasteiger partial charge >= 0.3 is 59.1 Å². The molecule has 0 aliphatic heterocycles. The first kappa shape index (κ1) is 18.9. The fraction of sp³-hybridized carbons (Fsp3) is 0. The van der Waals surface area contributed by atoms with Gasteiger partial charge in [-0.15, -0.1) is 0 Å². The van der Waals surface area contributed by atoms with Crippen molar-refractivity contribution in [2.75, 3.05) is 0 Å². The van der Waals surface area contributed by atoms with E-state index in [0.29, 0.717) is 0 Å². The molecule has 1 N–H and O–H groups in total. The molecule has 0 amide bonds. The summed E-state index contributed by atoms with van der Waals surface area (Å²) in [5.41, 5.74) is 0. The molecular weight excluding hydrogens is 285 g/mol. The molecule has 1 aromatic carbocycles. The van der Waals surface area contributed by atoms with Gasteiger partial charge in [0.1, 0.15) is 10.1 Å². The first-order valence-electron chi connectivity index (χ1n) is 2.96. The van der Waals surface area contributed by atoms with Crippen LogP contribution in [0.1, 0.15) is 0 Å². The summed E-state index contributed by atoms with van der Waals surface area (Å²) in [5.74, 6) is -0.777. The van der Waals surface area contributed by atoms with Crippen molar-refractivity contribution < 1.29 is 77.2 Å². The van der Waals surface area contributed by atoms with E-state index in [9.17, 15) is 13.0 Å². The summed E-state index contributed by atoms with van der Waals surface area (Å²) in [5, 5.41) is 8.78. The van der Waals surface area contributed by atoms with Crippen molar-refractivity contribution in [2.45, 2.75) is 4.90 Å². The maximum atomic E-state index is 10.5. The summed E-state index contributed by atoms with van der Waals surface area (Å²) in [7, 11) is -4.75. The summed E-state index contributed by atoms with van der Waals surface area (Å²) < 4.78 is 31.6. The van der Waals surface area contributed by atoms with E-state index in [1.807, 2.05) is 0 Å². The second-order valence-electron chi connectivity index (χ2n) is 2.19.